The van der Waals surface area contributed by atoms with Crippen molar-refractivity contribution in [2.75, 3.05) is 0 Å². The van der Waals surface area contributed by atoms with Gasteiger partial charge in [-0.2, -0.15) is 0 Å². The van der Waals surface area contributed by atoms with Crippen LogP contribution in [0.25, 0.3) is 11.0 Å². The Bertz CT molecular complexity index is 398. The molecule has 0 saturated carbocycles. The van der Waals surface area contributed by atoms with Gasteiger partial charge in [-0.3, -0.25) is 0 Å². The molecule has 1 aromatic heterocycles. The summed E-state index contributed by atoms with van der Waals surface area (Å²) in [7, 11) is 0. The first-order chi connectivity index (χ1) is 5.27. The van der Waals surface area contributed by atoms with Crippen LogP contribution in [0.3, 0.4) is 0 Å². The first kappa shape index (κ1) is 6.60. The van der Waals surface area contributed by atoms with Gasteiger partial charge in [0.2, 0.25) is 0 Å². The van der Waals surface area contributed by atoms with E-state index in [1.165, 1.54) is 0 Å². The third-order valence-electron chi connectivity index (χ3n) is 1.39. The molecule has 1 heterocycles. The topological polar surface area (TPSA) is 50.9 Å². The fourth-order valence-corrected chi connectivity index (χ4v) is 1.23. The summed E-state index contributed by atoms with van der Waals surface area (Å²) in [6.45, 7) is 0. The zero-order chi connectivity index (χ0) is 7.84. The Morgan fingerprint density at radius 1 is 1.45 bits per heavy atom. The molecule has 0 aliphatic heterocycles. The van der Waals surface area contributed by atoms with Gasteiger partial charge < -0.3 is 5.21 Å². The predicted molar refractivity (Wildman–Crippen MR) is 42.4 cm³/mol. The number of fused-ring (bicyclic) bond motifs is 1. The van der Waals surface area contributed by atoms with Crippen molar-refractivity contribution in [1.29, 1.82) is 0 Å². The highest BCUT2D eigenvalue weighted by atomic mass is 79.9. The summed E-state index contributed by atoms with van der Waals surface area (Å²) >= 11 is 3.28. The first-order valence-electron chi connectivity index (χ1n) is 2.97. The van der Waals surface area contributed by atoms with E-state index < -0.39 is 0 Å². The minimum Gasteiger partial charge on any atom is -0.410 e. The average Bonchev–Trinajstić information content (AvgIpc) is 2.32. The molecule has 0 bridgehead atoms. The normalized spacial score (nSPS) is 10.6. The van der Waals surface area contributed by atoms with E-state index >= 15 is 0 Å². The predicted octanol–water partition coefficient (Wildman–Crippen LogP) is 1.43. The largest absolute Gasteiger partial charge is 0.410 e. The fraction of sp³-hybridized carbons (Fsp3) is 0. The molecule has 0 atom stereocenters. The third kappa shape index (κ3) is 0.970. The number of hydrogen-bond acceptors (Lipinski definition) is 3. The van der Waals surface area contributed by atoms with Gasteiger partial charge in [0.15, 0.2) is 0 Å². The van der Waals surface area contributed by atoms with Crippen LogP contribution in [0.1, 0.15) is 0 Å². The number of nitrogens with zero attached hydrogens (tertiary/aromatic N) is 3. The summed E-state index contributed by atoms with van der Waals surface area (Å²) < 4.78 is 0.922. The van der Waals surface area contributed by atoms with Gasteiger partial charge in [-0.15, -0.1) is 5.10 Å². The van der Waals surface area contributed by atoms with Gasteiger partial charge in [0, 0.05) is 4.47 Å². The molecule has 0 aliphatic rings. The second-order valence-electron chi connectivity index (χ2n) is 2.11. The van der Waals surface area contributed by atoms with Gasteiger partial charge in [0.05, 0.1) is 0 Å². The van der Waals surface area contributed by atoms with Gasteiger partial charge in [0.25, 0.3) is 0 Å². The van der Waals surface area contributed by atoms with Crippen LogP contribution in [0.2, 0.25) is 0 Å². The van der Waals surface area contributed by atoms with Crippen molar-refractivity contribution in [2.45, 2.75) is 0 Å². The molecule has 0 saturated heterocycles. The Kier molecular flexibility index (Phi) is 1.32. The molecule has 56 valence electrons. The number of halogens is 1. The third-order valence-corrected chi connectivity index (χ3v) is 1.88. The zero-order valence-corrected chi connectivity index (χ0v) is 6.98. The van der Waals surface area contributed by atoms with Crippen molar-refractivity contribution in [2.24, 2.45) is 0 Å². The van der Waals surface area contributed by atoms with Crippen molar-refractivity contribution in [1.82, 2.24) is 15.2 Å². The lowest BCUT2D eigenvalue weighted by Gasteiger charge is -1.89. The molecule has 0 fully saturated rings. The molecule has 0 spiro atoms. The van der Waals surface area contributed by atoms with Crippen molar-refractivity contribution < 1.29 is 5.21 Å². The van der Waals surface area contributed by atoms with Crippen LogP contribution in [0, 0.1) is 0 Å². The van der Waals surface area contributed by atoms with Crippen molar-refractivity contribution in [3.8, 4) is 0 Å². The molecular weight excluding hydrogens is 210 g/mol. The molecule has 0 amide bonds. The Hall–Kier alpha value is -1.10. The van der Waals surface area contributed by atoms with Crippen LogP contribution >= 0.6 is 15.9 Å². The maximum Gasteiger partial charge on any atom is 0.130 e. The zero-order valence-electron chi connectivity index (χ0n) is 5.40. The fourth-order valence-electron chi connectivity index (χ4n) is 0.885. The van der Waals surface area contributed by atoms with Crippen molar-refractivity contribution in [3.05, 3.63) is 22.7 Å². The second kappa shape index (κ2) is 2.20. The summed E-state index contributed by atoms with van der Waals surface area (Å²) in [6, 6.07) is 5.34. The maximum atomic E-state index is 9.03. The van der Waals surface area contributed by atoms with Gasteiger partial charge >= 0.3 is 0 Å². The summed E-state index contributed by atoms with van der Waals surface area (Å²) in [5.74, 6) is 0. The Balaban J connectivity index is 2.86. The van der Waals surface area contributed by atoms with Gasteiger partial charge in [-0.1, -0.05) is 20.8 Å². The molecule has 0 aliphatic carbocycles. The Labute approximate surface area is 70.5 Å². The van der Waals surface area contributed by atoms with E-state index in [1.807, 2.05) is 6.07 Å². The van der Waals surface area contributed by atoms with E-state index in [0.29, 0.717) is 11.0 Å². The molecule has 1 aromatic carbocycles. The molecule has 1 N–H and O–H groups in total. The maximum absolute atomic E-state index is 9.03. The lowest BCUT2D eigenvalue weighted by atomic mass is 10.3. The number of hydrogen-bond donors (Lipinski definition) is 1. The van der Waals surface area contributed by atoms with E-state index in [4.69, 9.17) is 5.21 Å². The summed E-state index contributed by atoms with van der Waals surface area (Å²) in [5.41, 5.74) is 1.27. The lowest BCUT2D eigenvalue weighted by Crippen LogP contribution is -1.90. The minimum absolute atomic E-state index is 0.605. The molecule has 0 unspecified atom stereocenters. The van der Waals surface area contributed by atoms with E-state index in [9.17, 15) is 0 Å². The van der Waals surface area contributed by atoms with Crippen LogP contribution < -0.4 is 0 Å². The highest BCUT2D eigenvalue weighted by Crippen LogP contribution is 2.16. The van der Waals surface area contributed by atoms with Crippen LogP contribution in [0.15, 0.2) is 22.7 Å². The number of aromatic nitrogens is 3. The quantitative estimate of drug-likeness (QED) is 0.675. The second-order valence-corrected chi connectivity index (χ2v) is 3.03. The average molecular weight is 214 g/mol. The van der Waals surface area contributed by atoms with Gasteiger partial charge in [-0.25, -0.2) is 0 Å². The van der Waals surface area contributed by atoms with Crippen molar-refractivity contribution >= 4 is 27.0 Å². The van der Waals surface area contributed by atoms with Crippen molar-refractivity contribution in [3.63, 3.8) is 0 Å². The summed E-state index contributed by atoms with van der Waals surface area (Å²) in [6.07, 6.45) is 0. The SMILES string of the molecule is On1nnc2cc(Br)ccc21. The van der Waals surface area contributed by atoms with E-state index in [2.05, 4.69) is 26.2 Å². The Morgan fingerprint density at radius 2 is 2.27 bits per heavy atom. The highest BCUT2D eigenvalue weighted by Gasteiger charge is 2.01. The van der Waals surface area contributed by atoms with Crippen LogP contribution in [-0.2, 0) is 0 Å². The van der Waals surface area contributed by atoms with Gasteiger partial charge in [-0.05, 0) is 23.4 Å². The number of benzene rings is 1. The van der Waals surface area contributed by atoms with E-state index in [0.717, 1.165) is 9.32 Å². The first-order valence-corrected chi connectivity index (χ1v) is 3.77. The van der Waals surface area contributed by atoms with E-state index in [-0.39, 0.29) is 0 Å². The smallest absolute Gasteiger partial charge is 0.130 e. The lowest BCUT2D eigenvalue weighted by molar-refractivity contribution is 0.155. The summed E-state index contributed by atoms with van der Waals surface area (Å²) in [5, 5.41) is 16.2. The number of rotatable bonds is 0. The van der Waals surface area contributed by atoms with Crippen LogP contribution in [-0.4, -0.2) is 20.4 Å². The molecule has 0 radical (unpaired) electrons. The monoisotopic (exact) mass is 213 g/mol. The molecule has 4 nitrogen and oxygen atoms in total. The summed E-state index contributed by atoms with van der Waals surface area (Å²) in [4.78, 5) is 0.752. The van der Waals surface area contributed by atoms with Gasteiger partial charge in [0.1, 0.15) is 11.0 Å². The van der Waals surface area contributed by atoms with E-state index in [1.54, 1.807) is 12.1 Å². The molecule has 5 heteroatoms. The standard InChI is InChI=1S/C6H4BrN3O/c7-4-1-2-6-5(3-4)8-9-10(6)11/h1-3,11H. The molecular formula is C6H4BrN3O. The molecule has 11 heavy (non-hydrogen) atoms. The highest BCUT2D eigenvalue weighted by molar-refractivity contribution is 9.10. The Morgan fingerprint density at radius 3 is 3.09 bits per heavy atom. The van der Waals surface area contributed by atoms with Crippen LogP contribution in [0.4, 0.5) is 0 Å². The minimum atomic E-state index is 0.605. The molecule has 2 rings (SSSR count). The van der Waals surface area contributed by atoms with Crippen LogP contribution in [0.5, 0.6) is 0 Å². The molecule has 2 aromatic rings.